The number of hydrogen-bond donors (Lipinski definition) is 1. The van der Waals surface area contributed by atoms with E-state index in [4.69, 9.17) is 0 Å². The summed E-state index contributed by atoms with van der Waals surface area (Å²) in [4.78, 5) is 13.9. The Morgan fingerprint density at radius 2 is 2.12 bits per heavy atom. The molecule has 1 aromatic rings. The monoisotopic (exact) mass is 281 g/mol. The van der Waals surface area contributed by atoms with Gasteiger partial charge in [0.1, 0.15) is 5.75 Å². The molecule has 0 amide bonds. The van der Waals surface area contributed by atoms with Gasteiger partial charge in [0, 0.05) is 36.8 Å². The fourth-order valence-corrected chi connectivity index (χ4v) is 2.35. The van der Waals surface area contributed by atoms with E-state index in [0.717, 1.165) is 10.0 Å². The molecule has 0 aromatic heterocycles. The van der Waals surface area contributed by atoms with E-state index in [1.165, 1.54) is 0 Å². The van der Waals surface area contributed by atoms with Gasteiger partial charge in [-0.15, -0.1) is 0 Å². The molecule has 2 rings (SSSR count). The molecular formula is C12H12BrNO2. The lowest BCUT2D eigenvalue weighted by atomic mass is 10.1. The van der Waals surface area contributed by atoms with Crippen LogP contribution in [0.15, 0.2) is 28.4 Å². The summed E-state index contributed by atoms with van der Waals surface area (Å²) in [5.74, 6) is -0.0205. The highest BCUT2D eigenvalue weighted by atomic mass is 79.9. The van der Waals surface area contributed by atoms with Crippen molar-refractivity contribution in [2.24, 2.45) is 0 Å². The van der Waals surface area contributed by atoms with Crippen LogP contribution in [0.5, 0.6) is 5.75 Å². The average molecular weight is 282 g/mol. The van der Waals surface area contributed by atoms with Crippen LogP contribution in [0.2, 0.25) is 0 Å². The molecule has 1 aliphatic rings. The van der Waals surface area contributed by atoms with Crippen molar-refractivity contribution in [2.45, 2.75) is 6.42 Å². The maximum Gasteiger partial charge on any atom is 0.194 e. The Bertz CT molecular complexity index is 492. The van der Waals surface area contributed by atoms with Crippen LogP contribution in [0, 0.1) is 0 Å². The highest BCUT2D eigenvalue weighted by Gasteiger charge is 2.29. The van der Waals surface area contributed by atoms with E-state index < -0.39 is 0 Å². The summed E-state index contributed by atoms with van der Waals surface area (Å²) in [6, 6.07) is 3.31. The number of Topliss-reactive ketones (excluding diaryl/α,β-unsaturated/α-hetero) is 1. The van der Waals surface area contributed by atoms with E-state index in [9.17, 15) is 9.90 Å². The maximum atomic E-state index is 12.0. The standard InChI is InChI=1S/C12H12BrNO2/c1-14(2)6-7-5-8-9(13)3-4-10(15)11(8)12(7)16/h3-4,6,15H,5H2,1-2H3/b7-6+. The second kappa shape index (κ2) is 3.94. The van der Waals surface area contributed by atoms with E-state index in [-0.39, 0.29) is 11.5 Å². The van der Waals surface area contributed by atoms with Gasteiger partial charge in [0.2, 0.25) is 0 Å². The van der Waals surface area contributed by atoms with Crippen LogP contribution < -0.4 is 0 Å². The fourth-order valence-electron chi connectivity index (χ4n) is 1.88. The number of carbonyl (C=O) groups is 1. The molecule has 3 nitrogen and oxygen atoms in total. The minimum atomic E-state index is -0.0810. The molecule has 0 saturated carbocycles. The van der Waals surface area contributed by atoms with Crippen LogP contribution in [-0.2, 0) is 6.42 Å². The first kappa shape index (κ1) is 11.2. The van der Waals surface area contributed by atoms with Crippen LogP contribution in [0.25, 0.3) is 0 Å². The molecule has 0 unspecified atom stereocenters. The van der Waals surface area contributed by atoms with Gasteiger partial charge in [-0.25, -0.2) is 0 Å². The zero-order chi connectivity index (χ0) is 11.9. The number of phenolic OH excluding ortho intramolecular Hbond substituents is 1. The predicted molar refractivity (Wildman–Crippen MR) is 65.6 cm³/mol. The smallest absolute Gasteiger partial charge is 0.194 e. The number of halogens is 1. The van der Waals surface area contributed by atoms with E-state index in [1.807, 2.05) is 19.0 Å². The second-order valence-corrected chi connectivity index (χ2v) is 4.90. The molecule has 1 aromatic carbocycles. The Morgan fingerprint density at radius 1 is 1.44 bits per heavy atom. The minimum absolute atomic E-state index is 0.0605. The Morgan fingerprint density at radius 3 is 2.69 bits per heavy atom. The molecule has 0 spiro atoms. The third-order valence-corrected chi connectivity index (χ3v) is 3.28. The number of rotatable bonds is 1. The molecule has 0 aliphatic heterocycles. The van der Waals surface area contributed by atoms with Crippen molar-refractivity contribution in [1.29, 1.82) is 0 Å². The number of benzene rings is 1. The molecule has 0 saturated heterocycles. The average Bonchev–Trinajstić information content (AvgIpc) is 2.51. The number of phenols is 1. The summed E-state index contributed by atoms with van der Waals surface area (Å²) in [5.41, 5.74) is 2.02. The minimum Gasteiger partial charge on any atom is -0.507 e. The molecule has 0 heterocycles. The molecular weight excluding hydrogens is 270 g/mol. The topological polar surface area (TPSA) is 40.5 Å². The summed E-state index contributed by atoms with van der Waals surface area (Å²) in [5, 5.41) is 9.70. The highest BCUT2D eigenvalue weighted by Crippen LogP contribution is 2.37. The Hall–Kier alpha value is -1.29. The third-order valence-electron chi connectivity index (χ3n) is 2.53. The molecule has 16 heavy (non-hydrogen) atoms. The number of aromatic hydroxyl groups is 1. The number of carbonyl (C=O) groups excluding carboxylic acids is 1. The number of hydrogen-bond acceptors (Lipinski definition) is 3. The number of nitrogens with zero attached hydrogens (tertiary/aromatic N) is 1. The van der Waals surface area contributed by atoms with Crippen LogP contribution in [0.3, 0.4) is 0 Å². The molecule has 4 heteroatoms. The molecule has 0 atom stereocenters. The maximum absolute atomic E-state index is 12.0. The molecule has 0 fully saturated rings. The van der Waals surface area contributed by atoms with Gasteiger partial charge in [-0.2, -0.15) is 0 Å². The molecule has 1 N–H and O–H groups in total. The van der Waals surface area contributed by atoms with Crippen molar-refractivity contribution in [3.05, 3.63) is 39.5 Å². The Balaban J connectivity index is 2.54. The SMILES string of the molecule is CN(C)/C=C1\Cc2c(Br)ccc(O)c2C1=O. The van der Waals surface area contributed by atoms with Gasteiger partial charge in [-0.3, -0.25) is 4.79 Å². The van der Waals surface area contributed by atoms with Gasteiger partial charge in [0.05, 0.1) is 5.56 Å². The van der Waals surface area contributed by atoms with Crippen molar-refractivity contribution in [3.8, 4) is 5.75 Å². The first-order chi connectivity index (χ1) is 7.50. The van der Waals surface area contributed by atoms with Gasteiger partial charge in [0.15, 0.2) is 5.78 Å². The van der Waals surface area contributed by atoms with Crippen molar-refractivity contribution in [3.63, 3.8) is 0 Å². The summed E-state index contributed by atoms with van der Waals surface area (Å²) in [6.07, 6.45) is 2.37. The largest absolute Gasteiger partial charge is 0.507 e. The van der Waals surface area contributed by atoms with E-state index in [0.29, 0.717) is 17.6 Å². The van der Waals surface area contributed by atoms with E-state index in [1.54, 1.807) is 18.3 Å². The highest BCUT2D eigenvalue weighted by molar-refractivity contribution is 9.10. The summed E-state index contributed by atoms with van der Waals surface area (Å²) >= 11 is 3.40. The molecule has 1 aliphatic carbocycles. The van der Waals surface area contributed by atoms with Gasteiger partial charge in [0.25, 0.3) is 0 Å². The van der Waals surface area contributed by atoms with Crippen LogP contribution in [0.1, 0.15) is 15.9 Å². The lowest BCUT2D eigenvalue weighted by Crippen LogP contribution is -2.06. The summed E-state index contributed by atoms with van der Waals surface area (Å²) in [7, 11) is 3.75. The number of allylic oxidation sites excluding steroid dienone is 1. The van der Waals surface area contributed by atoms with Crippen molar-refractivity contribution in [2.75, 3.05) is 14.1 Å². The number of fused-ring (bicyclic) bond motifs is 1. The second-order valence-electron chi connectivity index (χ2n) is 4.04. The number of ketones is 1. The van der Waals surface area contributed by atoms with E-state index in [2.05, 4.69) is 15.9 Å². The van der Waals surface area contributed by atoms with Gasteiger partial charge >= 0.3 is 0 Å². The van der Waals surface area contributed by atoms with E-state index >= 15 is 0 Å². The van der Waals surface area contributed by atoms with Crippen LogP contribution in [-0.4, -0.2) is 29.9 Å². The summed E-state index contributed by atoms with van der Waals surface area (Å²) in [6.45, 7) is 0. The Kier molecular flexibility index (Phi) is 2.76. The lowest BCUT2D eigenvalue weighted by molar-refractivity contribution is 0.103. The predicted octanol–water partition coefficient (Wildman–Crippen LogP) is 2.34. The van der Waals surface area contributed by atoms with Gasteiger partial charge < -0.3 is 10.0 Å². The first-order valence-corrected chi connectivity index (χ1v) is 5.72. The normalized spacial score (nSPS) is 16.7. The van der Waals surface area contributed by atoms with Crippen molar-refractivity contribution in [1.82, 2.24) is 4.90 Å². The third kappa shape index (κ3) is 1.73. The molecule has 0 radical (unpaired) electrons. The van der Waals surface area contributed by atoms with Crippen molar-refractivity contribution < 1.29 is 9.90 Å². The summed E-state index contributed by atoms with van der Waals surface area (Å²) < 4.78 is 0.871. The van der Waals surface area contributed by atoms with Crippen LogP contribution in [0.4, 0.5) is 0 Å². The zero-order valence-corrected chi connectivity index (χ0v) is 10.7. The van der Waals surface area contributed by atoms with Crippen molar-refractivity contribution >= 4 is 21.7 Å². The first-order valence-electron chi connectivity index (χ1n) is 4.93. The Labute approximate surface area is 103 Å². The van der Waals surface area contributed by atoms with Gasteiger partial charge in [-0.1, -0.05) is 15.9 Å². The quantitative estimate of drug-likeness (QED) is 0.804. The van der Waals surface area contributed by atoms with Gasteiger partial charge in [-0.05, 0) is 17.7 Å². The fraction of sp³-hybridized carbons (Fsp3) is 0.250. The lowest BCUT2D eigenvalue weighted by Gasteiger charge is -2.05. The molecule has 0 bridgehead atoms. The van der Waals surface area contributed by atoms with Crippen LogP contribution >= 0.6 is 15.9 Å². The zero-order valence-electron chi connectivity index (χ0n) is 9.12. The molecule has 84 valence electrons.